The molecule has 0 aromatic heterocycles. The molecule has 0 radical (unpaired) electrons. The molecule has 10 nitrogen and oxygen atoms in total. The van der Waals surface area contributed by atoms with Crippen LogP contribution in [0.3, 0.4) is 0 Å². The molecule has 0 aromatic rings. The summed E-state index contributed by atoms with van der Waals surface area (Å²) in [5.74, 6) is -1.51. The molecule has 2 saturated heterocycles. The number of carbonyl (C=O) groups excluding carboxylic acids is 1. The molecule has 0 amide bonds. The highest BCUT2D eigenvalue weighted by atomic mass is 16.7. The normalized spacial score (nSPS) is 28.6. The largest absolute Gasteiger partial charge is 0.478 e. The van der Waals surface area contributed by atoms with Gasteiger partial charge in [0.1, 0.15) is 0 Å². The van der Waals surface area contributed by atoms with Gasteiger partial charge in [-0.25, -0.2) is 9.59 Å². The van der Waals surface area contributed by atoms with E-state index >= 15 is 0 Å². The number of carboxylic acids is 1. The summed E-state index contributed by atoms with van der Waals surface area (Å²) in [7, 11) is 0. The van der Waals surface area contributed by atoms with Gasteiger partial charge in [-0.1, -0.05) is 71.9 Å². The third kappa shape index (κ3) is 13.7. The predicted molar refractivity (Wildman–Crippen MR) is 157 cm³/mol. The Morgan fingerprint density at radius 3 is 1.83 bits per heavy atom. The first-order chi connectivity index (χ1) is 20.0. The van der Waals surface area contributed by atoms with Crippen LogP contribution in [0.1, 0.15) is 53.4 Å². The summed E-state index contributed by atoms with van der Waals surface area (Å²) in [6.45, 7) is 6.86. The molecular weight excluding hydrogens is 544 g/mol. The maximum absolute atomic E-state index is 12.6. The van der Waals surface area contributed by atoms with Gasteiger partial charge in [-0.2, -0.15) is 0 Å². The van der Waals surface area contributed by atoms with E-state index in [2.05, 4.69) is 0 Å². The zero-order valence-electron chi connectivity index (χ0n) is 24.7. The summed E-state index contributed by atoms with van der Waals surface area (Å²) in [4.78, 5) is 23.4. The van der Waals surface area contributed by atoms with Gasteiger partial charge in [0, 0.05) is 36.8 Å². The van der Waals surface area contributed by atoms with Crippen LogP contribution in [0.2, 0.25) is 0 Å². The van der Waals surface area contributed by atoms with E-state index in [1.54, 1.807) is 25.2 Å². The standard InChI is InChI=1S/C32H44O10/c1-21(11-7-13-23(3)31(36)37)9-5-6-10-22(2)12-8-14-24(4)32(38)42-30-18-26(35)16-28(41-30)20-39-29-17-25(34)15-27(19-33)40-29/h5-14,25-30,33-35H,15-20H2,1-4H3,(H,36,37)/b6-5+,11-7+,12-8+,21-9+,22-10+,23-13+,24-14+/t25-,26-,27-,28-,29+,30-/m0/s1. The Morgan fingerprint density at radius 2 is 1.26 bits per heavy atom. The highest BCUT2D eigenvalue weighted by molar-refractivity contribution is 5.88. The van der Waals surface area contributed by atoms with E-state index < -0.39 is 48.9 Å². The van der Waals surface area contributed by atoms with E-state index in [1.165, 1.54) is 13.0 Å². The molecule has 2 heterocycles. The van der Waals surface area contributed by atoms with Gasteiger partial charge in [0.15, 0.2) is 6.29 Å². The van der Waals surface area contributed by atoms with Gasteiger partial charge in [-0.3, -0.25) is 0 Å². The van der Waals surface area contributed by atoms with Crippen LogP contribution in [0.15, 0.2) is 83.1 Å². The maximum atomic E-state index is 12.6. The Morgan fingerprint density at radius 1 is 0.738 bits per heavy atom. The summed E-state index contributed by atoms with van der Waals surface area (Å²) < 4.78 is 22.6. The van der Waals surface area contributed by atoms with E-state index in [-0.39, 0.29) is 31.6 Å². The maximum Gasteiger partial charge on any atom is 0.336 e. The third-order valence-electron chi connectivity index (χ3n) is 6.50. The molecule has 2 aliphatic heterocycles. The van der Waals surface area contributed by atoms with Gasteiger partial charge in [0.2, 0.25) is 6.29 Å². The molecule has 2 fully saturated rings. The lowest BCUT2D eigenvalue weighted by Gasteiger charge is -2.35. The molecule has 0 unspecified atom stereocenters. The van der Waals surface area contributed by atoms with Gasteiger partial charge >= 0.3 is 11.9 Å². The van der Waals surface area contributed by atoms with Crippen LogP contribution in [0, 0.1) is 0 Å². The van der Waals surface area contributed by atoms with Crippen molar-refractivity contribution in [2.45, 2.75) is 90.4 Å². The molecule has 0 saturated carbocycles. The highest BCUT2D eigenvalue weighted by Gasteiger charge is 2.33. The number of esters is 1. The molecule has 0 spiro atoms. The van der Waals surface area contributed by atoms with Crippen molar-refractivity contribution in [3.05, 3.63) is 83.1 Å². The summed E-state index contributed by atoms with van der Waals surface area (Å²) in [5.41, 5.74) is 2.54. The number of rotatable bonds is 13. The minimum Gasteiger partial charge on any atom is -0.478 e. The van der Waals surface area contributed by atoms with E-state index in [4.69, 9.17) is 24.1 Å². The summed E-state index contributed by atoms with van der Waals surface area (Å²) in [6, 6.07) is 0. The Balaban J connectivity index is 1.82. The number of aliphatic carboxylic acids is 1. The number of carbonyl (C=O) groups is 2. The molecule has 2 aliphatic rings. The number of allylic oxidation sites excluding steroid dienone is 12. The number of aliphatic hydroxyl groups excluding tert-OH is 3. The van der Waals surface area contributed by atoms with Gasteiger partial charge < -0.3 is 39.4 Å². The topological polar surface area (TPSA) is 152 Å². The van der Waals surface area contributed by atoms with Crippen molar-refractivity contribution in [1.29, 1.82) is 0 Å². The van der Waals surface area contributed by atoms with Crippen molar-refractivity contribution < 1.29 is 49.0 Å². The fourth-order valence-electron chi connectivity index (χ4n) is 4.08. The lowest BCUT2D eigenvalue weighted by atomic mass is 10.0. The molecule has 6 atom stereocenters. The fourth-order valence-corrected chi connectivity index (χ4v) is 4.08. The van der Waals surface area contributed by atoms with Crippen LogP contribution >= 0.6 is 0 Å². The second kappa shape index (κ2) is 18.4. The van der Waals surface area contributed by atoms with Crippen molar-refractivity contribution in [2.24, 2.45) is 0 Å². The van der Waals surface area contributed by atoms with Crippen LogP contribution in [0.25, 0.3) is 0 Å². The van der Waals surface area contributed by atoms with Gasteiger partial charge in [-0.15, -0.1) is 0 Å². The lowest BCUT2D eigenvalue weighted by molar-refractivity contribution is -0.256. The van der Waals surface area contributed by atoms with Crippen molar-refractivity contribution in [3.8, 4) is 0 Å². The van der Waals surface area contributed by atoms with Gasteiger partial charge in [0.05, 0.1) is 37.6 Å². The van der Waals surface area contributed by atoms with Crippen LogP contribution in [0.4, 0.5) is 0 Å². The predicted octanol–water partition coefficient (Wildman–Crippen LogP) is 3.81. The number of hydrogen-bond donors (Lipinski definition) is 4. The SMILES string of the molecule is CC(/C=C/C=C(\C)C(=O)O)=C\C=C\C=C(C)\C=C\C=C(/C)C(=O)O[C@H]1C[C@@H](O)C[C@@H](CO[C@H]2C[C@@H](O)C[C@@H](CO)O2)O1. The lowest BCUT2D eigenvalue weighted by Crippen LogP contribution is -2.43. The number of hydrogen-bond acceptors (Lipinski definition) is 9. The van der Waals surface area contributed by atoms with Crippen molar-refractivity contribution in [3.63, 3.8) is 0 Å². The molecule has 0 bridgehead atoms. The highest BCUT2D eigenvalue weighted by Crippen LogP contribution is 2.25. The number of carboxylic acid groups (broad SMARTS) is 1. The molecular formula is C32H44O10. The summed E-state index contributed by atoms with van der Waals surface area (Å²) in [5, 5.41) is 38.3. The molecule has 2 rings (SSSR count). The Bertz CT molecular complexity index is 1110. The smallest absolute Gasteiger partial charge is 0.336 e. The third-order valence-corrected chi connectivity index (χ3v) is 6.50. The van der Waals surface area contributed by atoms with Gasteiger partial charge in [-0.05, 0) is 27.7 Å². The monoisotopic (exact) mass is 588 g/mol. The average Bonchev–Trinajstić information content (AvgIpc) is 2.93. The first kappa shape index (κ1) is 35.1. The van der Waals surface area contributed by atoms with Crippen molar-refractivity contribution >= 4 is 11.9 Å². The Hall–Kier alpha value is -3.12. The van der Waals surface area contributed by atoms with Crippen molar-refractivity contribution in [2.75, 3.05) is 13.2 Å². The summed E-state index contributed by atoms with van der Waals surface area (Å²) in [6.07, 6.45) is 14.9. The van der Waals surface area contributed by atoms with E-state index in [9.17, 15) is 24.9 Å². The first-order valence-electron chi connectivity index (χ1n) is 14.0. The molecule has 0 aliphatic carbocycles. The second-order valence-corrected chi connectivity index (χ2v) is 10.5. The van der Waals surface area contributed by atoms with E-state index in [0.29, 0.717) is 18.4 Å². The molecule has 42 heavy (non-hydrogen) atoms. The van der Waals surface area contributed by atoms with Crippen LogP contribution in [0.5, 0.6) is 0 Å². The molecule has 4 N–H and O–H groups in total. The molecule has 10 heteroatoms. The van der Waals surface area contributed by atoms with Crippen LogP contribution < -0.4 is 0 Å². The van der Waals surface area contributed by atoms with Crippen LogP contribution in [-0.2, 0) is 28.5 Å². The fraction of sp³-hybridized carbons (Fsp3) is 0.500. The van der Waals surface area contributed by atoms with Gasteiger partial charge in [0.25, 0.3) is 0 Å². The van der Waals surface area contributed by atoms with E-state index in [1.807, 2.05) is 50.3 Å². The zero-order chi connectivity index (χ0) is 31.1. The zero-order valence-corrected chi connectivity index (χ0v) is 24.7. The first-order valence-corrected chi connectivity index (χ1v) is 14.0. The second-order valence-electron chi connectivity index (χ2n) is 10.5. The minimum absolute atomic E-state index is 0.0775. The average molecular weight is 589 g/mol. The summed E-state index contributed by atoms with van der Waals surface area (Å²) >= 11 is 0. The Kier molecular flexibility index (Phi) is 15.4. The Labute approximate surface area is 247 Å². The van der Waals surface area contributed by atoms with Crippen LogP contribution in [-0.4, -0.2) is 82.6 Å². The van der Waals surface area contributed by atoms with E-state index in [0.717, 1.165) is 11.1 Å². The molecule has 232 valence electrons. The number of aliphatic hydroxyl groups is 3. The number of ether oxygens (including phenoxy) is 4. The van der Waals surface area contributed by atoms with Crippen molar-refractivity contribution in [1.82, 2.24) is 0 Å². The molecule has 0 aromatic carbocycles. The quantitative estimate of drug-likeness (QED) is 0.142. The minimum atomic E-state index is -0.947.